The van der Waals surface area contributed by atoms with Crippen LogP contribution in [0.2, 0.25) is 0 Å². The topological polar surface area (TPSA) is 36.4 Å². The summed E-state index contributed by atoms with van der Waals surface area (Å²) in [6.07, 6.45) is 11.8. The summed E-state index contributed by atoms with van der Waals surface area (Å²) >= 11 is 0. The first-order valence-electron chi connectivity index (χ1n) is 8.34. The van der Waals surface area contributed by atoms with Crippen molar-refractivity contribution in [1.29, 1.82) is 0 Å². The fraction of sp³-hybridized carbons (Fsp3) is 0.938. The lowest BCUT2D eigenvalue weighted by Crippen LogP contribution is -2.48. The van der Waals surface area contributed by atoms with Crippen molar-refractivity contribution >= 4 is 5.96 Å². The lowest BCUT2D eigenvalue weighted by atomic mass is 9.49. The number of nitrogens with zero attached hydrogens (tertiary/aromatic N) is 1. The Balaban J connectivity index is 1.34. The van der Waals surface area contributed by atoms with Gasteiger partial charge in [0, 0.05) is 19.6 Å². The van der Waals surface area contributed by atoms with Crippen molar-refractivity contribution in [3.05, 3.63) is 0 Å². The van der Waals surface area contributed by atoms with Crippen LogP contribution in [-0.2, 0) is 0 Å². The van der Waals surface area contributed by atoms with E-state index in [1.54, 1.807) is 19.3 Å². The molecule has 4 aliphatic carbocycles. The van der Waals surface area contributed by atoms with Gasteiger partial charge < -0.3 is 10.6 Å². The molecule has 3 heteroatoms. The summed E-state index contributed by atoms with van der Waals surface area (Å²) in [5.41, 5.74) is 0.705. The van der Waals surface area contributed by atoms with Gasteiger partial charge in [-0.2, -0.15) is 0 Å². The molecule has 0 radical (unpaired) electrons. The molecule has 1 aliphatic heterocycles. The molecule has 5 aliphatic rings. The standard InChI is InChI=1S/C16H27N3/c1-3-17-15(18-4-1)19-5-2-16-9-12-6-13(10-16)8-14(7-12)11-16/h12-14H,1-11H2,(H2,17,18,19). The van der Waals surface area contributed by atoms with Gasteiger partial charge in [-0.3, -0.25) is 4.99 Å². The van der Waals surface area contributed by atoms with Crippen molar-refractivity contribution < 1.29 is 0 Å². The molecule has 5 rings (SSSR count). The molecular formula is C16H27N3. The zero-order chi connectivity index (χ0) is 12.7. The zero-order valence-corrected chi connectivity index (χ0v) is 12.0. The molecule has 0 aromatic heterocycles. The Morgan fingerprint density at radius 3 is 2.37 bits per heavy atom. The molecule has 0 atom stereocenters. The molecule has 0 spiro atoms. The first-order chi connectivity index (χ1) is 9.31. The Hall–Kier alpha value is -0.730. The molecule has 4 fully saturated rings. The van der Waals surface area contributed by atoms with Crippen LogP contribution in [-0.4, -0.2) is 25.6 Å². The van der Waals surface area contributed by atoms with Crippen molar-refractivity contribution in [1.82, 2.24) is 10.6 Å². The number of aliphatic imine (C=N–C) groups is 1. The number of rotatable bonds is 3. The molecular weight excluding hydrogens is 234 g/mol. The smallest absolute Gasteiger partial charge is 0.191 e. The van der Waals surface area contributed by atoms with Gasteiger partial charge in [0.25, 0.3) is 0 Å². The monoisotopic (exact) mass is 261 g/mol. The van der Waals surface area contributed by atoms with E-state index in [4.69, 9.17) is 0 Å². The number of hydrogen-bond donors (Lipinski definition) is 2. The number of nitrogens with one attached hydrogen (secondary N) is 2. The normalized spacial score (nSPS) is 43.8. The molecule has 4 bridgehead atoms. The zero-order valence-electron chi connectivity index (χ0n) is 12.0. The van der Waals surface area contributed by atoms with Gasteiger partial charge in [-0.25, -0.2) is 0 Å². The second-order valence-corrected chi connectivity index (χ2v) is 7.60. The minimum absolute atomic E-state index is 0.705. The van der Waals surface area contributed by atoms with E-state index >= 15 is 0 Å². The van der Waals surface area contributed by atoms with Gasteiger partial charge in [0.05, 0.1) is 0 Å². The predicted octanol–water partition coefficient (Wildman–Crippen LogP) is 2.53. The highest BCUT2D eigenvalue weighted by Crippen LogP contribution is 2.61. The predicted molar refractivity (Wildman–Crippen MR) is 78.1 cm³/mol. The third kappa shape index (κ3) is 2.36. The SMILES string of the molecule is C1CN=C(NCCC23CC4CC(CC(C4)C2)C3)NC1. The van der Waals surface area contributed by atoms with E-state index in [1.807, 2.05) is 0 Å². The highest BCUT2D eigenvalue weighted by Gasteiger charge is 2.50. The summed E-state index contributed by atoms with van der Waals surface area (Å²) in [6.45, 7) is 3.20. The largest absolute Gasteiger partial charge is 0.356 e. The maximum Gasteiger partial charge on any atom is 0.191 e. The van der Waals surface area contributed by atoms with Crippen LogP contribution < -0.4 is 10.6 Å². The Bertz CT molecular complexity index is 339. The summed E-state index contributed by atoms with van der Waals surface area (Å²) in [4.78, 5) is 4.51. The van der Waals surface area contributed by atoms with Gasteiger partial charge >= 0.3 is 0 Å². The van der Waals surface area contributed by atoms with Crippen LogP contribution in [0.3, 0.4) is 0 Å². The minimum atomic E-state index is 0.705. The Morgan fingerprint density at radius 2 is 1.79 bits per heavy atom. The highest BCUT2D eigenvalue weighted by molar-refractivity contribution is 5.80. The maximum absolute atomic E-state index is 4.51. The van der Waals surface area contributed by atoms with Crippen LogP contribution in [0.5, 0.6) is 0 Å². The molecule has 0 amide bonds. The van der Waals surface area contributed by atoms with Crippen molar-refractivity contribution in [2.24, 2.45) is 28.2 Å². The second-order valence-electron chi connectivity index (χ2n) is 7.60. The number of guanidine groups is 1. The summed E-state index contributed by atoms with van der Waals surface area (Å²) in [7, 11) is 0. The van der Waals surface area contributed by atoms with Gasteiger partial charge in [0.1, 0.15) is 0 Å². The van der Waals surface area contributed by atoms with E-state index in [1.165, 1.54) is 32.1 Å². The Labute approximate surface area is 116 Å². The van der Waals surface area contributed by atoms with E-state index < -0.39 is 0 Å². The highest BCUT2D eigenvalue weighted by atomic mass is 15.2. The Kier molecular flexibility index (Phi) is 2.96. The molecule has 4 saturated carbocycles. The molecule has 2 N–H and O–H groups in total. The third-order valence-corrected chi connectivity index (χ3v) is 6.01. The van der Waals surface area contributed by atoms with Gasteiger partial charge in [0.2, 0.25) is 0 Å². The molecule has 0 saturated heterocycles. The van der Waals surface area contributed by atoms with Crippen molar-refractivity contribution in [3.8, 4) is 0 Å². The van der Waals surface area contributed by atoms with Crippen LogP contribution in [0.15, 0.2) is 4.99 Å². The van der Waals surface area contributed by atoms with Crippen LogP contribution in [0.4, 0.5) is 0 Å². The van der Waals surface area contributed by atoms with Gasteiger partial charge in [-0.1, -0.05) is 0 Å². The van der Waals surface area contributed by atoms with E-state index in [-0.39, 0.29) is 0 Å². The summed E-state index contributed by atoms with van der Waals surface area (Å²) < 4.78 is 0. The average Bonchev–Trinajstić information content (AvgIpc) is 2.38. The van der Waals surface area contributed by atoms with E-state index in [2.05, 4.69) is 15.6 Å². The van der Waals surface area contributed by atoms with Gasteiger partial charge in [-0.15, -0.1) is 0 Å². The van der Waals surface area contributed by atoms with E-state index in [9.17, 15) is 0 Å². The first-order valence-corrected chi connectivity index (χ1v) is 8.34. The molecule has 0 unspecified atom stereocenters. The lowest BCUT2D eigenvalue weighted by Gasteiger charge is -2.57. The van der Waals surface area contributed by atoms with E-state index in [0.29, 0.717) is 5.41 Å². The maximum atomic E-state index is 4.51. The Morgan fingerprint density at radius 1 is 1.11 bits per heavy atom. The molecule has 0 aromatic rings. The quantitative estimate of drug-likeness (QED) is 0.819. The van der Waals surface area contributed by atoms with Crippen LogP contribution in [0.1, 0.15) is 51.4 Å². The minimum Gasteiger partial charge on any atom is -0.356 e. The fourth-order valence-corrected chi connectivity index (χ4v) is 5.69. The summed E-state index contributed by atoms with van der Waals surface area (Å²) in [5.74, 6) is 4.29. The lowest BCUT2D eigenvalue weighted by molar-refractivity contribution is -0.0562. The average molecular weight is 261 g/mol. The van der Waals surface area contributed by atoms with Crippen LogP contribution >= 0.6 is 0 Å². The van der Waals surface area contributed by atoms with Gasteiger partial charge in [-0.05, 0) is 74.5 Å². The summed E-state index contributed by atoms with van der Waals surface area (Å²) in [5, 5.41) is 6.90. The first kappa shape index (κ1) is 12.0. The molecule has 1 heterocycles. The molecule has 106 valence electrons. The van der Waals surface area contributed by atoms with Crippen molar-refractivity contribution in [2.75, 3.05) is 19.6 Å². The second kappa shape index (κ2) is 4.68. The fourth-order valence-electron chi connectivity index (χ4n) is 5.69. The van der Waals surface area contributed by atoms with E-state index in [0.717, 1.165) is 43.3 Å². The van der Waals surface area contributed by atoms with Crippen molar-refractivity contribution in [2.45, 2.75) is 51.4 Å². The molecule has 19 heavy (non-hydrogen) atoms. The third-order valence-electron chi connectivity index (χ3n) is 6.01. The molecule has 3 nitrogen and oxygen atoms in total. The number of hydrogen-bond acceptors (Lipinski definition) is 3. The van der Waals surface area contributed by atoms with Crippen LogP contribution in [0.25, 0.3) is 0 Å². The molecule has 0 aromatic carbocycles. The van der Waals surface area contributed by atoms with Crippen molar-refractivity contribution in [3.63, 3.8) is 0 Å². The summed E-state index contributed by atoms with van der Waals surface area (Å²) in [6, 6.07) is 0. The van der Waals surface area contributed by atoms with Crippen LogP contribution in [0, 0.1) is 23.2 Å². The van der Waals surface area contributed by atoms with Gasteiger partial charge in [0.15, 0.2) is 5.96 Å².